The number of carboxylic acid groups (broad SMARTS) is 1. The first-order chi connectivity index (χ1) is 22.6. The van der Waals surface area contributed by atoms with Crippen LogP contribution in [-0.4, -0.2) is 23.7 Å². The predicted octanol–water partition coefficient (Wildman–Crippen LogP) is 13.8. The zero-order valence-electron chi connectivity index (χ0n) is 30.5. The lowest BCUT2D eigenvalue weighted by Gasteiger charge is -2.12. The van der Waals surface area contributed by atoms with Crippen LogP contribution in [0.5, 0.6) is 0 Å². The molecule has 0 bridgehead atoms. The van der Waals surface area contributed by atoms with Crippen LogP contribution in [0.4, 0.5) is 0 Å². The van der Waals surface area contributed by atoms with Gasteiger partial charge in [0.25, 0.3) is 0 Å². The SMILES string of the molecule is CCCCCCCCCCCCCCCCCCOC(=O)c1cccc(CCCCCCCCCCCCCCCC)c1C(=O)O. The van der Waals surface area contributed by atoms with E-state index < -0.39 is 11.9 Å². The number of carbonyl (C=O) groups excluding carboxylic acids is 1. The average Bonchev–Trinajstić information content (AvgIpc) is 3.06. The molecule has 1 rings (SSSR count). The Bertz CT molecular complexity index is 848. The van der Waals surface area contributed by atoms with E-state index in [0.717, 1.165) is 31.2 Å². The number of hydrogen-bond acceptors (Lipinski definition) is 3. The van der Waals surface area contributed by atoms with Crippen LogP contribution < -0.4 is 0 Å². The summed E-state index contributed by atoms with van der Waals surface area (Å²) < 4.78 is 5.52. The van der Waals surface area contributed by atoms with Crippen molar-refractivity contribution >= 4 is 11.9 Å². The lowest BCUT2D eigenvalue weighted by molar-refractivity contribution is 0.0487. The van der Waals surface area contributed by atoms with Gasteiger partial charge >= 0.3 is 11.9 Å². The molecule has 0 aliphatic carbocycles. The molecule has 266 valence electrons. The van der Waals surface area contributed by atoms with Gasteiger partial charge in [-0.05, 0) is 30.9 Å². The number of aryl methyl sites for hydroxylation is 1. The lowest BCUT2D eigenvalue weighted by atomic mass is 9.96. The number of esters is 1. The van der Waals surface area contributed by atoms with Crippen molar-refractivity contribution < 1.29 is 19.4 Å². The molecule has 1 aromatic carbocycles. The highest BCUT2D eigenvalue weighted by atomic mass is 16.5. The van der Waals surface area contributed by atoms with Crippen LogP contribution in [0.3, 0.4) is 0 Å². The first-order valence-electron chi connectivity index (χ1n) is 20.1. The molecular formula is C42H74O4. The Morgan fingerprint density at radius 3 is 1.22 bits per heavy atom. The highest BCUT2D eigenvalue weighted by Gasteiger charge is 2.21. The van der Waals surface area contributed by atoms with E-state index in [9.17, 15) is 14.7 Å². The van der Waals surface area contributed by atoms with E-state index >= 15 is 0 Å². The summed E-state index contributed by atoms with van der Waals surface area (Å²) in [6, 6.07) is 5.27. The molecule has 0 spiro atoms. The summed E-state index contributed by atoms with van der Waals surface area (Å²) in [4.78, 5) is 24.9. The number of hydrogen-bond donors (Lipinski definition) is 1. The standard InChI is InChI=1S/C42H74O4/c1-3-5-7-9-11-13-15-17-19-20-22-24-26-28-30-32-37-46-42(45)39-36-33-35-38(40(39)41(43)44)34-31-29-27-25-23-21-18-16-14-12-10-8-6-4-2/h33,35-36H,3-32,34,37H2,1-2H3,(H,43,44). The lowest BCUT2D eigenvalue weighted by Crippen LogP contribution is -2.15. The molecule has 0 aliphatic heterocycles. The number of carbonyl (C=O) groups is 2. The molecular weight excluding hydrogens is 568 g/mol. The zero-order chi connectivity index (χ0) is 33.3. The van der Waals surface area contributed by atoms with Gasteiger partial charge in [0.15, 0.2) is 0 Å². The summed E-state index contributed by atoms with van der Waals surface area (Å²) in [5.41, 5.74) is 1.09. The third kappa shape index (κ3) is 23.5. The van der Waals surface area contributed by atoms with Crippen LogP contribution in [0.2, 0.25) is 0 Å². The molecule has 0 amide bonds. The van der Waals surface area contributed by atoms with E-state index in [0.29, 0.717) is 13.0 Å². The minimum atomic E-state index is -1.03. The van der Waals surface area contributed by atoms with E-state index in [1.54, 1.807) is 12.1 Å². The van der Waals surface area contributed by atoms with Gasteiger partial charge in [0, 0.05) is 0 Å². The second-order valence-electron chi connectivity index (χ2n) is 13.9. The Hall–Kier alpha value is -1.84. The van der Waals surface area contributed by atoms with Gasteiger partial charge < -0.3 is 9.84 Å². The molecule has 0 atom stereocenters. The zero-order valence-corrected chi connectivity index (χ0v) is 30.5. The number of unbranched alkanes of at least 4 members (excludes halogenated alkanes) is 28. The summed E-state index contributed by atoms with van der Waals surface area (Å²) in [7, 11) is 0. The van der Waals surface area contributed by atoms with Crippen molar-refractivity contribution in [3.63, 3.8) is 0 Å². The van der Waals surface area contributed by atoms with Crippen molar-refractivity contribution in [2.75, 3.05) is 6.61 Å². The Morgan fingerprint density at radius 2 is 0.848 bits per heavy atom. The Labute approximate surface area is 285 Å². The summed E-state index contributed by atoms with van der Waals surface area (Å²) in [6.45, 7) is 4.91. The van der Waals surface area contributed by atoms with Gasteiger partial charge in [-0.15, -0.1) is 0 Å². The van der Waals surface area contributed by atoms with E-state index in [4.69, 9.17) is 4.74 Å². The number of aromatic carboxylic acids is 1. The van der Waals surface area contributed by atoms with E-state index in [1.165, 1.54) is 167 Å². The topological polar surface area (TPSA) is 63.6 Å². The minimum absolute atomic E-state index is 0.133. The molecule has 0 radical (unpaired) electrons. The number of ether oxygens (including phenoxy) is 1. The van der Waals surface area contributed by atoms with Gasteiger partial charge in [0.1, 0.15) is 0 Å². The molecule has 0 saturated heterocycles. The van der Waals surface area contributed by atoms with Gasteiger partial charge in [0.2, 0.25) is 0 Å². The Balaban J connectivity index is 2.11. The van der Waals surface area contributed by atoms with Crippen molar-refractivity contribution in [1.29, 1.82) is 0 Å². The van der Waals surface area contributed by atoms with Gasteiger partial charge in [0.05, 0.1) is 17.7 Å². The monoisotopic (exact) mass is 643 g/mol. The first kappa shape index (κ1) is 42.2. The summed E-state index contributed by atoms with van der Waals surface area (Å²) in [5, 5.41) is 9.92. The maximum atomic E-state index is 12.8. The van der Waals surface area contributed by atoms with Gasteiger partial charge in [-0.25, -0.2) is 9.59 Å². The second-order valence-corrected chi connectivity index (χ2v) is 13.9. The number of carboxylic acids is 1. The van der Waals surface area contributed by atoms with Crippen LogP contribution >= 0.6 is 0 Å². The van der Waals surface area contributed by atoms with Crippen LogP contribution in [-0.2, 0) is 11.2 Å². The first-order valence-corrected chi connectivity index (χ1v) is 20.1. The molecule has 4 heteroatoms. The second kappa shape index (κ2) is 31.7. The average molecular weight is 643 g/mol. The predicted molar refractivity (Wildman–Crippen MR) is 197 cm³/mol. The van der Waals surface area contributed by atoms with E-state index in [-0.39, 0.29) is 11.1 Å². The fourth-order valence-corrected chi connectivity index (χ4v) is 6.63. The molecule has 0 unspecified atom stereocenters. The van der Waals surface area contributed by atoms with Gasteiger partial charge in [-0.1, -0.05) is 206 Å². The molecule has 1 aromatic rings. The van der Waals surface area contributed by atoms with Crippen molar-refractivity contribution in [2.24, 2.45) is 0 Å². The number of rotatable bonds is 34. The van der Waals surface area contributed by atoms with Crippen LogP contribution in [0, 0.1) is 0 Å². The van der Waals surface area contributed by atoms with Crippen LogP contribution in [0.1, 0.15) is 233 Å². The largest absolute Gasteiger partial charge is 0.478 e. The van der Waals surface area contributed by atoms with Crippen molar-refractivity contribution in [1.82, 2.24) is 0 Å². The molecule has 4 nitrogen and oxygen atoms in total. The van der Waals surface area contributed by atoms with Gasteiger partial charge in [-0.2, -0.15) is 0 Å². The molecule has 0 aromatic heterocycles. The third-order valence-corrected chi connectivity index (χ3v) is 9.62. The molecule has 0 saturated carbocycles. The van der Waals surface area contributed by atoms with Crippen molar-refractivity contribution in [3.8, 4) is 0 Å². The Kier molecular flexibility index (Phi) is 29.1. The molecule has 46 heavy (non-hydrogen) atoms. The summed E-state index contributed by atoms with van der Waals surface area (Å²) in [5.74, 6) is -1.53. The fraction of sp³-hybridized carbons (Fsp3) is 0.810. The maximum absolute atomic E-state index is 12.8. The molecule has 1 N–H and O–H groups in total. The third-order valence-electron chi connectivity index (χ3n) is 9.62. The highest BCUT2D eigenvalue weighted by Crippen LogP contribution is 2.21. The van der Waals surface area contributed by atoms with Crippen molar-refractivity contribution in [2.45, 2.75) is 213 Å². The highest BCUT2D eigenvalue weighted by molar-refractivity contribution is 6.03. The number of benzene rings is 1. The van der Waals surface area contributed by atoms with Gasteiger partial charge in [-0.3, -0.25) is 0 Å². The molecule has 0 aliphatic rings. The normalized spacial score (nSPS) is 11.3. The van der Waals surface area contributed by atoms with E-state index in [1.807, 2.05) is 6.07 Å². The molecule has 0 fully saturated rings. The summed E-state index contributed by atoms with van der Waals surface area (Å²) >= 11 is 0. The van der Waals surface area contributed by atoms with Crippen LogP contribution in [0.15, 0.2) is 18.2 Å². The Morgan fingerprint density at radius 1 is 0.500 bits per heavy atom. The van der Waals surface area contributed by atoms with Crippen LogP contribution in [0.25, 0.3) is 0 Å². The summed E-state index contributed by atoms with van der Waals surface area (Å²) in [6.07, 6.45) is 39.7. The quantitative estimate of drug-likeness (QED) is 0.0600. The minimum Gasteiger partial charge on any atom is -0.478 e. The van der Waals surface area contributed by atoms with Crippen molar-refractivity contribution in [3.05, 3.63) is 34.9 Å². The maximum Gasteiger partial charge on any atom is 0.339 e. The fourth-order valence-electron chi connectivity index (χ4n) is 6.63. The smallest absolute Gasteiger partial charge is 0.339 e. The van der Waals surface area contributed by atoms with E-state index in [2.05, 4.69) is 13.8 Å². The molecule has 0 heterocycles.